The van der Waals surface area contributed by atoms with Gasteiger partial charge in [-0.15, -0.1) is 0 Å². The molecule has 0 aromatic carbocycles. The highest BCUT2D eigenvalue weighted by Gasteiger charge is 2.16. The number of pyridine rings is 1. The Morgan fingerprint density at radius 3 is 2.67 bits per heavy atom. The molecule has 0 spiro atoms. The SMILES string of the molecule is Cc1nccc(NC(=O)Cn2nc(C(C)C)c(OCC(C)C)cc2=O)c1F. The third-order valence-corrected chi connectivity index (χ3v) is 3.74. The minimum absolute atomic E-state index is 0.00219. The standard InChI is InChI=1S/C19H25FN4O3/c1-11(2)10-27-15-8-17(26)24(23-19(15)12(3)4)9-16(25)22-14-6-7-21-13(5)18(14)20/h6-8,11-12H,9-10H2,1-5H3,(H,21,22,25). The number of hydrogen-bond acceptors (Lipinski definition) is 5. The maximum Gasteiger partial charge on any atom is 0.270 e. The van der Waals surface area contributed by atoms with Crippen LogP contribution in [-0.4, -0.2) is 27.3 Å². The lowest BCUT2D eigenvalue weighted by molar-refractivity contribution is -0.117. The number of rotatable bonds is 7. The summed E-state index contributed by atoms with van der Waals surface area (Å²) >= 11 is 0. The second-order valence-electron chi connectivity index (χ2n) is 7.06. The second kappa shape index (κ2) is 8.75. The lowest BCUT2D eigenvalue weighted by Crippen LogP contribution is -2.31. The molecule has 0 aliphatic heterocycles. The summed E-state index contributed by atoms with van der Waals surface area (Å²) in [5.74, 6) is -0.429. The van der Waals surface area contributed by atoms with E-state index in [1.807, 2.05) is 27.7 Å². The van der Waals surface area contributed by atoms with E-state index in [1.54, 1.807) is 0 Å². The Kier molecular flexibility index (Phi) is 6.65. The lowest BCUT2D eigenvalue weighted by Gasteiger charge is -2.16. The van der Waals surface area contributed by atoms with Gasteiger partial charge in [-0.1, -0.05) is 27.7 Å². The van der Waals surface area contributed by atoms with Gasteiger partial charge in [0.15, 0.2) is 5.82 Å². The molecule has 1 amide bonds. The minimum atomic E-state index is -0.605. The predicted molar refractivity (Wildman–Crippen MR) is 100 cm³/mol. The van der Waals surface area contributed by atoms with Gasteiger partial charge in [-0.05, 0) is 18.9 Å². The van der Waals surface area contributed by atoms with Gasteiger partial charge in [0.2, 0.25) is 5.91 Å². The molecule has 0 bridgehead atoms. The number of amides is 1. The Bertz CT molecular complexity index is 878. The minimum Gasteiger partial charge on any atom is -0.491 e. The average Bonchev–Trinajstić information content (AvgIpc) is 2.58. The molecular formula is C19H25FN4O3. The van der Waals surface area contributed by atoms with E-state index >= 15 is 0 Å². The zero-order valence-electron chi connectivity index (χ0n) is 16.2. The van der Waals surface area contributed by atoms with Crippen molar-refractivity contribution in [3.63, 3.8) is 0 Å². The van der Waals surface area contributed by atoms with Gasteiger partial charge in [-0.3, -0.25) is 14.6 Å². The fourth-order valence-corrected chi connectivity index (χ4v) is 2.35. The molecule has 0 saturated heterocycles. The lowest BCUT2D eigenvalue weighted by atomic mass is 10.1. The fraction of sp³-hybridized carbons (Fsp3) is 0.474. The molecule has 1 N–H and O–H groups in total. The first kappa shape index (κ1) is 20.5. The van der Waals surface area contributed by atoms with Crippen LogP contribution in [0.5, 0.6) is 5.75 Å². The van der Waals surface area contributed by atoms with Gasteiger partial charge >= 0.3 is 0 Å². The van der Waals surface area contributed by atoms with E-state index in [-0.39, 0.29) is 23.8 Å². The van der Waals surface area contributed by atoms with Gasteiger partial charge < -0.3 is 10.1 Å². The van der Waals surface area contributed by atoms with Gasteiger partial charge in [0, 0.05) is 18.2 Å². The van der Waals surface area contributed by atoms with Crippen LogP contribution in [0.15, 0.2) is 23.1 Å². The monoisotopic (exact) mass is 376 g/mol. The van der Waals surface area contributed by atoms with Gasteiger partial charge in [-0.2, -0.15) is 5.10 Å². The summed E-state index contributed by atoms with van der Waals surface area (Å²) in [6, 6.07) is 2.70. The van der Waals surface area contributed by atoms with E-state index in [2.05, 4.69) is 15.4 Å². The summed E-state index contributed by atoms with van der Waals surface area (Å²) < 4.78 is 20.7. The van der Waals surface area contributed by atoms with Gasteiger partial charge in [0.1, 0.15) is 18.0 Å². The molecule has 146 valence electrons. The number of carbonyl (C=O) groups excluding carboxylic acids is 1. The molecule has 0 atom stereocenters. The molecule has 0 aliphatic rings. The van der Waals surface area contributed by atoms with Crippen molar-refractivity contribution >= 4 is 11.6 Å². The highest BCUT2D eigenvalue weighted by atomic mass is 19.1. The first-order valence-electron chi connectivity index (χ1n) is 8.84. The Balaban J connectivity index is 2.22. The van der Waals surface area contributed by atoms with Crippen molar-refractivity contribution in [2.24, 2.45) is 5.92 Å². The zero-order chi connectivity index (χ0) is 20.1. The maximum atomic E-state index is 14.0. The number of aryl methyl sites for hydroxylation is 1. The van der Waals surface area contributed by atoms with Crippen molar-refractivity contribution in [2.75, 3.05) is 11.9 Å². The molecule has 7 nitrogen and oxygen atoms in total. The predicted octanol–water partition coefficient (Wildman–Crippen LogP) is 2.88. The molecule has 0 unspecified atom stereocenters. The molecule has 2 aromatic rings. The van der Waals surface area contributed by atoms with Crippen LogP contribution >= 0.6 is 0 Å². The van der Waals surface area contributed by atoms with Crippen molar-refractivity contribution in [1.29, 1.82) is 0 Å². The van der Waals surface area contributed by atoms with Crippen molar-refractivity contribution < 1.29 is 13.9 Å². The van der Waals surface area contributed by atoms with Crippen LogP contribution in [0.1, 0.15) is 45.0 Å². The molecule has 0 aliphatic carbocycles. The number of nitrogens with zero attached hydrogens (tertiary/aromatic N) is 3. The average molecular weight is 376 g/mol. The van der Waals surface area contributed by atoms with Crippen molar-refractivity contribution in [2.45, 2.75) is 47.1 Å². The summed E-state index contributed by atoms with van der Waals surface area (Å²) in [7, 11) is 0. The van der Waals surface area contributed by atoms with Crippen LogP contribution in [0.25, 0.3) is 0 Å². The van der Waals surface area contributed by atoms with Crippen LogP contribution in [0, 0.1) is 18.7 Å². The third kappa shape index (κ3) is 5.35. The number of carbonyl (C=O) groups is 1. The molecule has 0 radical (unpaired) electrons. The van der Waals surface area contributed by atoms with E-state index in [0.29, 0.717) is 24.0 Å². The number of ether oxygens (including phenoxy) is 1. The Morgan fingerprint density at radius 1 is 1.33 bits per heavy atom. The topological polar surface area (TPSA) is 86.1 Å². The summed E-state index contributed by atoms with van der Waals surface area (Å²) in [6.07, 6.45) is 1.40. The number of aromatic nitrogens is 3. The third-order valence-electron chi connectivity index (χ3n) is 3.74. The maximum absolute atomic E-state index is 14.0. The van der Waals surface area contributed by atoms with Crippen LogP contribution in [0.4, 0.5) is 10.1 Å². The van der Waals surface area contributed by atoms with Crippen LogP contribution < -0.4 is 15.6 Å². The summed E-state index contributed by atoms with van der Waals surface area (Å²) in [5, 5.41) is 6.73. The largest absolute Gasteiger partial charge is 0.491 e. The van der Waals surface area contributed by atoms with Crippen LogP contribution in [0.2, 0.25) is 0 Å². The molecule has 0 saturated carbocycles. The smallest absolute Gasteiger partial charge is 0.270 e. The summed E-state index contributed by atoms with van der Waals surface area (Å²) in [4.78, 5) is 28.4. The van der Waals surface area contributed by atoms with Gasteiger partial charge in [0.05, 0.1) is 18.0 Å². The number of halogens is 1. The second-order valence-corrected chi connectivity index (χ2v) is 7.06. The van der Waals surface area contributed by atoms with Crippen LogP contribution in [0.3, 0.4) is 0 Å². The summed E-state index contributed by atoms with van der Waals surface area (Å²) in [6.45, 7) is 9.50. The van der Waals surface area contributed by atoms with Gasteiger partial charge in [0.25, 0.3) is 5.56 Å². The quantitative estimate of drug-likeness (QED) is 0.803. The van der Waals surface area contributed by atoms with E-state index in [4.69, 9.17) is 4.74 Å². The van der Waals surface area contributed by atoms with Crippen molar-refractivity contribution in [1.82, 2.24) is 14.8 Å². The van der Waals surface area contributed by atoms with E-state index in [1.165, 1.54) is 25.3 Å². The van der Waals surface area contributed by atoms with Gasteiger partial charge in [-0.25, -0.2) is 9.07 Å². The molecule has 2 aromatic heterocycles. The highest BCUT2D eigenvalue weighted by Crippen LogP contribution is 2.22. The first-order chi connectivity index (χ1) is 12.7. The molecule has 27 heavy (non-hydrogen) atoms. The normalized spacial score (nSPS) is 11.1. The van der Waals surface area contributed by atoms with Crippen molar-refractivity contribution in [3.05, 3.63) is 45.9 Å². The Morgan fingerprint density at radius 2 is 2.04 bits per heavy atom. The highest BCUT2D eigenvalue weighted by molar-refractivity contribution is 5.90. The zero-order valence-corrected chi connectivity index (χ0v) is 16.2. The van der Waals surface area contributed by atoms with E-state index in [9.17, 15) is 14.0 Å². The van der Waals surface area contributed by atoms with Crippen molar-refractivity contribution in [3.8, 4) is 5.75 Å². The fourth-order valence-electron chi connectivity index (χ4n) is 2.35. The molecular weight excluding hydrogens is 351 g/mol. The summed E-state index contributed by atoms with van der Waals surface area (Å²) in [5.41, 5.74) is 0.326. The Hall–Kier alpha value is -2.77. The molecule has 8 heteroatoms. The number of nitrogens with one attached hydrogen (secondary N) is 1. The molecule has 2 rings (SSSR count). The van der Waals surface area contributed by atoms with Crippen LogP contribution in [-0.2, 0) is 11.3 Å². The number of anilines is 1. The molecule has 0 fully saturated rings. The van der Waals surface area contributed by atoms with E-state index < -0.39 is 17.3 Å². The first-order valence-corrected chi connectivity index (χ1v) is 8.84. The number of hydrogen-bond donors (Lipinski definition) is 1. The Labute approximate surface area is 157 Å². The van der Waals surface area contributed by atoms with E-state index in [0.717, 1.165) is 4.68 Å². The molecule has 2 heterocycles.